The van der Waals surface area contributed by atoms with E-state index in [1.54, 1.807) is 13.1 Å². The summed E-state index contributed by atoms with van der Waals surface area (Å²) in [5.41, 5.74) is 3.61. The van der Waals surface area contributed by atoms with Gasteiger partial charge >= 0.3 is 0 Å². The third-order valence-corrected chi connectivity index (χ3v) is 4.01. The number of fused-ring (bicyclic) bond motifs is 1. The number of para-hydroxylation sites is 1. The van der Waals surface area contributed by atoms with Gasteiger partial charge < -0.3 is 9.88 Å². The summed E-state index contributed by atoms with van der Waals surface area (Å²) in [6.45, 7) is 2.59. The van der Waals surface area contributed by atoms with Crippen LogP contribution in [0.4, 0.5) is 0 Å². The summed E-state index contributed by atoms with van der Waals surface area (Å²) in [7, 11) is 1.62. The maximum atomic E-state index is 12.1. The molecule has 0 aliphatic rings. The molecule has 116 valence electrons. The van der Waals surface area contributed by atoms with Gasteiger partial charge in [-0.1, -0.05) is 24.3 Å². The molecule has 0 radical (unpaired) electrons. The zero-order valence-electron chi connectivity index (χ0n) is 13.2. The Morgan fingerprint density at radius 1 is 1.09 bits per heavy atom. The van der Waals surface area contributed by atoms with E-state index in [9.17, 15) is 9.59 Å². The highest BCUT2D eigenvalue weighted by Crippen LogP contribution is 2.15. The van der Waals surface area contributed by atoms with Gasteiger partial charge in [-0.15, -0.1) is 0 Å². The maximum absolute atomic E-state index is 12.1. The molecule has 3 rings (SSSR count). The van der Waals surface area contributed by atoms with Crippen molar-refractivity contribution in [2.45, 2.75) is 13.5 Å². The lowest BCUT2D eigenvalue weighted by Gasteiger charge is -2.15. The van der Waals surface area contributed by atoms with Crippen LogP contribution in [0.2, 0.25) is 0 Å². The van der Waals surface area contributed by atoms with Crippen LogP contribution in [0, 0.1) is 6.92 Å². The predicted octanol–water partition coefficient (Wildman–Crippen LogP) is 2.72. The zero-order valence-corrected chi connectivity index (χ0v) is 13.2. The Kier molecular flexibility index (Phi) is 3.98. The molecule has 0 unspecified atom stereocenters. The van der Waals surface area contributed by atoms with Crippen LogP contribution in [0.1, 0.15) is 21.6 Å². The molecule has 23 heavy (non-hydrogen) atoms. The molecule has 1 heterocycles. The molecule has 0 fully saturated rings. The maximum Gasteiger partial charge on any atom is 0.251 e. The highest BCUT2D eigenvalue weighted by molar-refractivity contribution is 5.93. The van der Waals surface area contributed by atoms with Crippen molar-refractivity contribution < 1.29 is 4.79 Å². The van der Waals surface area contributed by atoms with Gasteiger partial charge in [0.1, 0.15) is 0 Å². The van der Waals surface area contributed by atoms with Crippen molar-refractivity contribution in [3.63, 3.8) is 0 Å². The van der Waals surface area contributed by atoms with E-state index in [1.807, 2.05) is 55.5 Å². The Morgan fingerprint density at radius 2 is 1.78 bits per heavy atom. The first kappa shape index (κ1) is 15.0. The molecule has 4 heteroatoms. The molecule has 2 aromatic carbocycles. The lowest BCUT2D eigenvalue weighted by molar-refractivity contribution is 0.0963. The van der Waals surface area contributed by atoms with Crippen molar-refractivity contribution in [3.8, 4) is 0 Å². The number of rotatable bonds is 3. The largest absolute Gasteiger partial charge is 0.355 e. The number of carbonyl (C=O) groups excluding carboxylic acids is 1. The fourth-order valence-corrected chi connectivity index (χ4v) is 2.75. The Labute approximate surface area is 134 Å². The second-order valence-corrected chi connectivity index (χ2v) is 5.53. The van der Waals surface area contributed by atoms with Crippen LogP contribution in [0.25, 0.3) is 10.9 Å². The van der Waals surface area contributed by atoms with E-state index in [4.69, 9.17) is 0 Å². The highest BCUT2D eigenvalue weighted by Gasteiger charge is 2.07. The van der Waals surface area contributed by atoms with E-state index in [0.29, 0.717) is 12.1 Å². The molecule has 1 amide bonds. The predicted molar refractivity (Wildman–Crippen MR) is 91.9 cm³/mol. The van der Waals surface area contributed by atoms with Crippen LogP contribution in [-0.4, -0.2) is 17.5 Å². The standard InChI is InChI=1S/C19H18N2O2/c1-13-11-18(22)16-5-3-4-6-17(16)21(13)12-14-7-9-15(10-8-14)19(23)20-2/h3-11H,12H2,1-2H3,(H,20,23). The fourth-order valence-electron chi connectivity index (χ4n) is 2.75. The summed E-state index contributed by atoms with van der Waals surface area (Å²) < 4.78 is 2.12. The van der Waals surface area contributed by atoms with E-state index >= 15 is 0 Å². The molecule has 1 aromatic heterocycles. The van der Waals surface area contributed by atoms with E-state index in [2.05, 4.69) is 9.88 Å². The highest BCUT2D eigenvalue weighted by atomic mass is 16.1. The number of hydrogen-bond acceptors (Lipinski definition) is 2. The Balaban J connectivity index is 2.02. The molecule has 0 aliphatic heterocycles. The molecule has 0 aliphatic carbocycles. The van der Waals surface area contributed by atoms with Crippen molar-refractivity contribution in [2.24, 2.45) is 0 Å². The topological polar surface area (TPSA) is 51.1 Å². The molecule has 4 nitrogen and oxygen atoms in total. The van der Waals surface area contributed by atoms with E-state index < -0.39 is 0 Å². The number of hydrogen-bond donors (Lipinski definition) is 1. The van der Waals surface area contributed by atoms with Gasteiger partial charge in [-0.2, -0.15) is 0 Å². The summed E-state index contributed by atoms with van der Waals surface area (Å²) in [6, 6.07) is 16.8. The summed E-state index contributed by atoms with van der Waals surface area (Å²) in [5.74, 6) is -0.0958. The number of amides is 1. The van der Waals surface area contributed by atoms with Gasteiger partial charge in [-0.3, -0.25) is 9.59 Å². The number of carbonyl (C=O) groups is 1. The van der Waals surface area contributed by atoms with Gasteiger partial charge in [-0.25, -0.2) is 0 Å². The van der Waals surface area contributed by atoms with Crippen molar-refractivity contribution in [2.75, 3.05) is 7.05 Å². The number of aryl methyl sites for hydroxylation is 1. The Hall–Kier alpha value is -2.88. The van der Waals surface area contributed by atoms with Crippen molar-refractivity contribution >= 4 is 16.8 Å². The smallest absolute Gasteiger partial charge is 0.251 e. The third-order valence-electron chi connectivity index (χ3n) is 4.01. The number of pyridine rings is 1. The van der Waals surface area contributed by atoms with Crippen molar-refractivity contribution in [3.05, 3.63) is 81.6 Å². The fraction of sp³-hybridized carbons (Fsp3) is 0.158. The number of aromatic nitrogens is 1. The van der Waals surface area contributed by atoms with Crippen LogP contribution >= 0.6 is 0 Å². The van der Waals surface area contributed by atoms with Crippen molar-refractivity contribution in [1.82, 2.24) is 9.88 Å². The van der Waals surface area contributed by atoms with Gasteiger partial charge in [0.05, 0.1) is 5.52 Å². The zero-order chi connectivity index (χ0) is 16.4. The Bertz CT molecular complexity index is 924. The van der Waals surface area contributed by atoms with Crippen LogP contribution in [-0.2, 0) is 6.54 Å². The van der Waals surface area contributed by atoms with Gasteiger partial charge in [0.25, 0.3) is 5.91 Å². The number of nitrogens with one attached hydrogen (secondary N) is 1. The van der Waals surface area contributed by atoms with E-state index in [0.717, 1.165) is 22.2 Å². The number of nitrogens with zero attached hydrogens (tertiary/aromatic N) is 1. The monoisotopic (exact) mass is 306 g/mol. The molecular weight excluding hydrogens is 288 g/mol. The summed E-state index contributed by atoms with van der Waals surface area (Å²) in [5, 5.41) is 3.33. The summed E-state index contributed by atoms with van der Waals surface area (Å²) in [6.07, 6.45) is 0. The van der Waals surface area contributed by atoms with E-state index in [1.165, 1.54) is 0 Å². The lowest BCUT2D eigenvalue weighted by Crippen LogP contribution is -2.17. The molecule has 1 N–H and O–H groups in total. The first-order valence-corrected chi connectivity index (χ1v) is 7.50. The van der Waals surface area contributed by atoms with Gasteiger partial charge in [0.2, 0.25) is 0 Å². The minimum Gasteiger partial charge on any atom is -0.355 e. The van der Waals surface area contributed by atoms with E-state index in [-0.39, 0.29) is 11.3 Å². The molecule has 0 saturated heterocycles. The second-order valence-electron chi connectivity index (χ2n) is 5.53. The average Bonchev–Trinajstić information content (AvgIpc) is 2.58. The first-order chi connectivity index (χ1) is 11.1. The van der Waals surface area contributed by atoms with Crippen LogP contribution in [0.15, 0.2) is 59.4 Å². The molecule has 0 saturated carbocycles. The van der Waals surface area contributed by atoms with Gasteiger partial charge in [0, 0.05) is 36.3 Å². The van der Waals surface area contributed by atoms with Crippen molar-refractivity contribution in [1.29, 1.82) is 0 Å². The minimum absolute atomic E-state index is 0.0457. The average molecular weight is 306 g/mol. The molecular formula is C19H18N2O2. The third kappa shape index (κ3) is 2.88. The van der Waals surface area contributed by atoms with Gasteiger partial charge in [0.15, 0.2) is 5.43 Å². The van der Waals surface area contributed by atoms with Crippen LogP contribution in [0.3, 0.4) is 0 Å². The van der Waals surface area contributed by atoms with Crippen LogP contribution < -0.4 is 10.7 Å². The second kappa shape index (κ2) is 6.08. The minimum atomic E-state index is -0.0958. The molecule has 3 aromatic rings. The summed E-state index contributed by atoms with van der Waals surface area (Å²) in [4.78, 5) is 23.7. The molecule has 0 atom stereocenters. The first-order valence-electron chi connectivity index (χ1n) is 7.50. The quantitative estimate of drug-likeness (QED) is 0.809. The molecule has 0 bridgehead atoms. The lowest BCUT2D eigenvalue weighted by atomic mass is 10.1. The van der Waals surface area contributed by atoms with Crippen LogP contribution in [0.5, 0.6) is 0 Å². The normalized spacial score (nSPS) is 10.7. The SMILES string of the molecule is CNC(=O)c1ccc(Cn2c(C)cc(=O)c3ccccc32)cc1. The summed E-state index contributed by atoms with van der Waals surface area (Å²) >= 11 is 0. The number of benzene rings is 2. The van der Waals surface area contributed by atoms with Gasteiger partial charge in [-0.05, 0) is 36.8 Å². The Morgan fingerprint density at radius 3 is 2.48 bits per heavy atom. The molecule has 0 spiro atoms.